The van der Waals surface area contributed by atoms with Crippen molar-refractivity contribution in [2.75, 3.05) is 11.4 Å². The predicted octanol–water partition coefficient (Wildman–Crippen LogP) is 3.61. The molecule has 100 valence electrons. The molecule has 3 nitrogen and oxygen atoms in total. The van der Waals surface area contributed by atoms with Crippen LogP contribution in [0.25, 0.3) is 0 Å². The van der Waals surface area contributed by atoms with Gasteiger partial charge in [0.2, 0.25) is 0 Å². The number of rotatable bonds is 5. The second kappa shape index (κ2) is 5.84. The number of thiophene rings is 1. The van der Waals surface area contributed by atoms with E-state index in [0.29, 0.717) is 13.1 Å². The molecule has 0 aliphatic rings. The Morgan fingerprint density at radius 3 is 2.74 bits per heavy atom. The summed E-state index contributed by atoms with van der Waals surface area (Å²) in [6.45, 7) is 2.93. The summed E-state index contributed by atoms with van der Waals surface area (Å²) in [5.41, 5.74) is 0.157. The van der Waals surface area contributed by atoms with Gasteiger partial charge in [0.25, 0.3) is 0 Å². The number of carboxylic acid groups (broad SMARTS) is 1. The number of anilines is 1. The molecule has 1 N–H and O–H groups in total. The Bertz CT molecular complexity index is 569. The van der Waals surface area contributed by atoms with E-state index >= 15 is 0 Å². The van der Waals surface area contributed by atoms with E-state index in [9.17, 15) is 9.18 Å². The number of para-hydroxylation sites is 1. The highest BCUT2D eigenvalue weighted by molar-refractivity contribution is 7.09. The van der Waals surface area contributed by atoms with Gasteiger partial charge in [0.15, 0.2) is 0 Å². The van der Waals surface area contributed by atoms with E-state index in [1.54, 1.807) is 16.2 Å². The minimum atomic E-state index is -1.11. The van der Waals surface area contributed by atoms with Crippen molar-refractivity contribution >= 4 is 23.0 Å². The highest BCUT2D eigenvalue weighted by atomic mass is 32.1. The lowest BCUT2D eigenvalue weighted by atomic mass is 10.1. The molecule has 0 spiro atoms. The molecule has 0 fully saturated rings. The summed E-state index contributed by atoms with van der Waals surface area (Å²) in [6, 6.07) is 8.01. The quantitative estimate of drug-likeness (QED) is 0.909. The average Bonchev–Trinajstić information content (AvgIpc) is 2.89. The molecule has 0 radical (unpaired) electrons. The van der Waals surface area contributed by atoms with E-state index in [1.807, 2.05) is 24.4 Å². The minimum absolute atomic E-state index is 0.00148. The zero-order valence-corrected chi connectivity index (χ0v) is 11.3. The molecule has 0 amide bonds. The average molecular weight is 279 g/mol. The van der Waals surface area contributed by atoms with Crippen LogP contribution in [-0.4, -0.2) is 17.6 Å². The first kappa shape index (κ1) is 13.5. The van der Waals surface area contributed by atoms with Gasteiger partial charge in [-0.2, -0.15) is 0 Å². The molecule has 1 heterocycles. The number of hydrogen-bond donors (Lipinski definition) is 1. The van der Waals surface area contributed by atoms with Crippen molar-refractivity contribution in [3.63, 3.8) is 0 Å². The molecule has 2 aromatic rings. The summed E-state index contributed by atoms with van der Waals surface area (Å²) in [6.07, 6.45) is 0. The maximum absolute atomic E-state index is 14.0. The van der Waals surface area contributed by atoms with Crippen molar-refractivity contribution in [3.05, 3.63) is 52.0 Å². The lowest BCUT2D eigenvalue weighted by Gasteiger charge is -2.24. The molecule has 1 aromatic heterocycles. The number of nitrogens with zero attached hydrogens (tertiary/aromatic N) is 1. The van der Waals surface area contributed by atoms with Crippen molar-refractivity contribution < 1.29 is 14.3 Å². The predicted molar refractivity (Wildman–Crippen MR) is 74.4 cm³/mol. The molecule has 0 aliphatic carbocycles. The fourth-order valence-electron chi connectivity index (χ4n) is 1.95. The Labute approximate surface area is 114 Å². The SMILES string of the molecule is CCN(Cc1cccs1)c1c(F)cccc1C(=O)O. The van der Waals surface area contributed by atoms with E-state index in [0.717, 1.165) is 4.88 Å². The summed E-state index contributed by atoms with van der Waals surface area (Å²) in [5.74, 6) is -1.61. The third kappa shape index (κ3) is 2.93. The maximum atomic E-state index is 14.0. The van der Waals surface area contributed by atoms with Crippen molar-refractivity contribution in [2.24, 2.45) is 0 Å². The van der Waals surface area contributed by atoms with Gasteiger partial charge in [0.1, 0.15) is 5.82 Å². The molecular formula is C14H14FNO2S. The standard InChI is InChI=1S/C14H14FNO2S/c1-2-16(9-10-5-4-8-19-10)13-11(14(17)18)6-3-7-12(13)15/h3-8H,2,9H2,1H3,(H,17,18). The first-order valence-electron chi connectivity index (χ1n) is 5.92. The topological polar surface area (TPSA) is 40.5 Å². The number of benzene rings is 1. The van der Waals surface area contributed by atoms with Crippen LogP contribution in [0, 0.1) is 5.82 Å². The lowest BCUT2D eigenvalue weighted by Crippen LogP contribution is -2.25. The second-order valence-electron chi connectivity index (χ2n) is 4.03. The molecule has 0 unspecified atom stereocenters. The summed E-state index contributed by atoms with van der Waals surface area (Å²) in [4.78, 5) is 14.0. The molecule has 0 aliphatic heterocycles. The summed E-state index contributed by atoms with van der Waals surface area (Å²) < 4.78 is 14.0. The van der Waals surface area contributed by atoms with E-state index in [2.05, 4.69) is 0 Å². The monoisotopic (exact) mass is 279 g/mol. The van der Waals surface area contributed by atoms with Crippen LogP contribution in [0.3, 0.4) is 0 Å². The lowest BCUT2D eigenvalue weighted by molar-refractivity contribution is 0.0697. The van der Waals surface area contributed by atoms with Crippen molar-refractivity contribution in [2.45, 2.75) is 13.5 Å². The van der Waals surface area contributed by atoms with Crippen LogP contribution in [0.1, 0.15) is 22.2 Å². The Hall–Kier alpha value is -1.88. The molecule has 0 saturated heterocycles. The fraction of sp³-hybridized carbons (Fsp3) is 0.214. The van der Waals surface area contributed by atoms with Gasteiger partial charge in [-0.1, -0.05) is 12.1 Å². The van der Waals surface area contributed by atoms with Gasteiger partial charge >= 0.3 is 5.97 Å². The Balaban J connectivity index is 2.40. The van der Waals surface area contributed by atoms with Crippen molar-refractivity contribution in [1.29, 1.82) is 0 Å². The van der Waals surface area contributed by atoms with Crippen LogP contribution >= 0.6 is 11.3 Å². The molecular weight excluding hydrogens is 265 g/mol. The van der Waals surface area contributed by atoms with Crippen LogP contribution < -0.4 is 4.90 Å². The fourth-order valence-corrected chi connectivity index (χ4v) is 2.67. The minimum Gasteiger partial charge on any atom is -0.478 e. The summed E-state index contributed by atoms with van der Waals surface area (Å²) >= 11 is 1.57. The largest absolute Gasteiger partial charge is 0.478 e. The molecule has 0 atom stereocenters. The van der Waals surface area contributed by atoms with Gasteiger partial charge in [0, 0.05) is 11.4 Å². The van der Waals surface area contributed by atoms with Crippen LogP contribution in [0.4, 0.5) is 10.1 Å². The Kier molecular flexibility index (Phi) is 4.16. The first-order valence-corrected chi connectivity index (χ1v) is 6.80. The summed E-state index contributed by atoms with van der Waals surface area (Å²) in [5, 5.41) is 11.1. The number of aromatic carboxylic acids is 1. The zero-order valence-electron chi connectivity index (χ0n) is 10.5. The molecule has 19 heavy (non-hydrogen) atoms. The molecule has 5 heteroatoms. The van der Waals surface area contributed by atoms with Crippen molar-refractivity contribution in [1.82, 2.24) is 0 Å². The second-order valence-corrected chi connectivity index (χ2v) is 5.07. The van der Waals surface area contributed by atoms with Gasteiger partial charge in [-0.15, -0.1) is 11.3 Å². The highest BCUT2D eigenvalue weighted by Crippen LogP contribution is 2.27. The van der Waals surface area contributed by atoms with Gasteiger partial charge in [-0.25, -0.2) is 9.18 Å². The number of carbonyl (C=O) groups is 1. The van der Waals surface area contributed by atoms with E-state index < -0.39 is 11.8 Å². The Morgan fingerprint density at radius 1 is 1.37 bits per heavy atom. The molecule has 2 rings (SSSR count). The third-order valence-electron chi connectivity index (χ3n) is 2.84. The van der Waals surface area contributed by atoms with E-state index in [4.69, 9.17) is 5.11 Å². The first-order chi connectivity index (χ1) is 9.13. The van der Waals surface area contributed by atoms with Crippen LogP contribution in [0.2, 0.25) is 0 Å². The van der Waals surface area contributed by atoms with Gasteiger partial charge < -0.3 is 10.0 Å². The van der Waals surface area contributed by atoms with Gasteiger partial charge in [-0.05, 0) is 30.5 Å². The van der Waals surface area contributed by atoms with Crippen LogP contribution in [-0.2, 0) is 6.54 Å². The maximum Gasteiger partial charge on any atom is 0.337 e. The van der Waals surface area contributed by atoms with Crippen LogP contribution in [0.15, 0.2) is 35.7 Å². The van der Waals surface area contributed by atoms with Gasteiger partial charge in [-0.3, -0.25) is 0 Å². The van der Waals surface area contributed by atoms with Crippen molar-refractivity contribution in [3.8, 4) is 0 Å². The molecule has 1 aromatic carbocycles. The third-order valence-corrected chi connectivity index (χ3v) is 3.70. The summed E-state index contributed by atoms with van der Waals surface area (Å²) in [7, 11) is 0. The van der Waals surface area contributed by atoms with E-state index in [1.165, 1.54) is 18.2 Å². The molecule has 0 bridgehead atoms. The molecule has 0 saturated carbocycles. The highest BCUT2D eigenvalue weighted by Gasteiger charge is 2.19. The van der Waals surface area contributed by atoms with Crippen LogP contribution in [0.5, 0.6) is 0 Å². The number of halogens is 1. The smallest absolute Gasteiger partial charge is 0.337 e. The number of hydrogen-bond acceptors (Lipinski definition) is 3. The normalized spacial score (nSPS) is 10.4. The zero-order chi connectivity index (χ0) is 13.8. The van der Waals surface area contributed by atoms with Gasteiger partial charge in [0.05, 0.1) is 17.8 Å². The Morgan fingerprint density at radius 2 is 2.16 bits per heavy atom. The number of carboxylic acids is 1. The van der Waals surface area contributed by atoms with E-state index in [-0.39, 0.29) is 11.3 Å².